The van der Waals surface area contributed by atoms with Gasteiger partial charge in [0, 0.05) is 43.8 Å². The Bertz CT molecular complexity index is 755. The number of likely N-dealkylation sites (N-methyl/N-ethyl adjacent to an activating group) is 1. The summed E-state index contributed by atoms with van der Waals surface area (Å²) in [6.45, 7) is 8.63. The lowest BCUT2D eigenvalue weighted by Gasteiger charge is -2.35. The summed E-state index contributed by atoms with van der Waals surface area (Å²) in [7, 11) is 1.92. The van der Waals surface area contributed by atoms with E-state index in [1.54, 1.807) is 0 Å². The van der Waals surface area contributed by atoms with E-state index < -0.39 is 0 Å². The Morgan fingerprint density at radius 2 is 1.85 bits per heavy atom. The molecule has 1 saturated heterocycles. The van der Waals surface area contributed by atoms with E-state index in [4.69, 9.17) is 11.6 Å². The van der Waals surface area contributed by atoms with Crippen LogP contribution in [-0.4, -0.2) is 68.4 Å². The molecule has 1 fully saturated rings. The molecular formula is C18H24ClN5OS. The number of amides is 1. The van der Waals surface area contributed by atoms with Crippen molar-refractivity contribution >= 4 is 29.3 Å². The molecule has 1 aromatic heterocycles. The minimum absolute atomic E-state index is 0.168. The van der Waals surface area contributed by atoms with E-state index in [1.807, 2.05) is 47.7 Å². The quantitative estimate of drug-likeness (QED) is 0.731. The Morgan fingerprint density at radius 3 is 2.46 bits per heavy atom. The molecule has 2 aromatic rings. The Labute approximate surface area is 163 Å². The second-order valence-electron chi connectivity index (χ2n) is 6.39. The Hall–Kier alpha value is -1.57. The highest BCUT2D eigenvalue weighted by Crippen LogP contribution is 2.27. The summed E-state index contributed by atoms with van der Waals surface area (Å²) in [5, 5.41) is 9.79. The molecule has 0 bridgehead atoms. The van der Waals surface area contributed by atoms with Crippen LogP contribution in [0.2, 0.25) is 5.02 Å². The minimum Gasteiger partial charge on any atom is -0.339 e. The first-order valence-corrected chi connectivity index (χ1v) is 10.1. The molecule has 0 radical (unpaired) electrons. The third-order valence-corrected chi connectivity index (χ3v) is 6.07. The number of hydrogen-bond acceptors (Lipinski definition) is 5. The monoisotopic (exact) mass is 393 g/mol. The summed E-state index contributed by atoms with van der Waals surface area (Å²) >= 11 is 7.40. The van der Waals surface area contributed by atoms with Gasteiger partial charge in [-0.2, -0.15) is 0 Å². The number of benzene rings is 1. The van der Waals surface area contributed by atoms with Crippen LogP contribution in [0.3, 0.4) is 0 Å². The van der Waals surface area contributed by atoms with E-state index in [-0.39, 0.29) is 11.2 Å². The van der Waals surface area contributed by atoms with Gasteiger partial charge >= 0.3 is 0 Å². The Morgan fingerprint density at radius 1 is 1.19 bits per heavy atom. The van der Waals surface area contributed by atoms with Crippen LogP contribution in [-0.2, 0) is 11.8 Å². The van der Waals surface area contributed by atoms with Crippen molar-refractivity contribution in [1.82, 2.24) is 24.6 Å². The van der Waals surface area contributed by atoms with Gasteiger partial charge in [0.15, 0.2) is 11.0 Å². The van der Waals surface area contributed by atoms with Crippen LogP contribution < -0.4 is 0 Å². The highest BCUT2D eigenvalue weighted by Gasteiger charge is 2.26. The van der Waals surface area contributed by atoms with E-state index in [9.17, 15) is 4.79 Å². The third-order valence-electron chi connectivity index (χ3n) is 4.70. The highest BCUT2D eigenvalue weighted by molar-refractivity contribution is 8.00. The van der Waals surface area contributed by atoms with Gasteiger partial charge in [-0.25, -0.2) is 0 Å². The van der Waals surface area contributed by atoms with Crippen molar-refractivity contribution in [3.05, 3.63) is 29.3 Å². The molecular weight excluding hydrogens is 370 g/mol. The van der Waals surface area contributed by atoms with Crippen molar-refractivity contribution in [3.8, 4) is 11.4 Å². The van der Waals surface area contributed by atoms with Crippen LogP contribution in [0.1, 0.15) is 13.8 Å². The molecule has 140 valence electrons. The summed E-state index contributed by atoms with van der Waals surface area (Å²) in [6, 6.07) is 7.51. The predicted molar refractivity (Wildman–Crippen MR) is 105 cm³/mol. The second kappa shape index (κ2) is 8.41. The molecule has 0 unspecified atom stereocenters. The van der Waals surface area contributed by atoms with Crippen LogP contribution in [0.15, 0.2) is 29.4 Å². The lowest BCUT2D eigenvalue weighted by molar-refractivity contribution is -0.132. The molecule has 3 rings (SSSR count). The maximum Gasteiger partial charge on any atom is 0.235 e. The molecule has 1 aliphatic heterocycles. The lowest BCUT2D eigenvalue weighted by Crippen LogP contribution is -2.50. The van der Waals surface area contributed by atoms with Crippen LogP contribution in [0.25, 0.3) is 11.4 Å². The van der Waals surface area contributed by atoms with Crippen LogP contribution >= 0.6 is 23.4 Å². The van der Waals surface area contributed by atoms with Gasteiger partial charge in [-0.05, 0) is 37.7 Å². The van der Waals surface area contributed by atoms with Gasteiger partial charge in [0.25, 0.3) is 0 Å². The van der Waals surface area contributed by atoms with E-state index >= 15 is 0 Å². The molecule has 6 nitrogen and oxygen atoms in total. The molecule has 0 N–H and O–H groups in total. The molecule has 0 aliphatic carbocycles. The zero-order valence-corrected chi connectivity index (χ0v) is 16.9. The first kappa shape index (κ1) is 19.2. The van der Waals surface area contributed by atoms with Crippen molar-refractivity contribution in [2.24, 2.45) is 7.05 Å². The molecule has 1 aromatic carbocycles. The van der Waals surface area contributed by atoms with E-state index in [0.717, 1.165) is 49.3 Å². The van der Waals surface area contributed by atoms with Gasteiger partial charge in [-0.1, -0.05) is 30.3 Å². The van der Waals surface area contributed by atoms with Gasteiger partial charge in [0.1, 0.15) is 0 Å². The van der Waals surface area contributed by atoms with Gasteiger partial charge in [0.2, 0.25) is 5.91 Å². The first-order chi connectivity index (χ1) is 12.5. The van der Waals surface area contributed by atoms with Crippen molar-refractivity contribution in [3.63, 3.8) is 0 Å². The van der Waals surface area contributed by atoms with E-state index in [0.29, 0.717) is 5.02 Å². The largest absolute Gasteiger partial charge is 0.339 e. The van der Waals surface area contributed by atoms with Crippen LogP contribution in [0.4, 0.5) is 0 Å². The molecule has 1 amide bonds. The van der Waals surface area contributed by atoms with Gasteiger partial charge < -0.3 is 14.4 Å². The summed E-state index contributed by atoms with van der Waals surface area (Å²) in [5.41, 5.74) is 0.950. The highest BCUT2D eigenvalue weighted by atomic mass is 35.5. The third kappa shape index (κ3) is 4.22. The van der Waals surface area contributed by atoms with Gasteiger partial charge in [0.05, 0.1) is 5.25 Å². The zero-order chi connectivity index (χ0) is 18.7. The molecule has 8 heteroatoms. The average molecular weight is 394 g/mol. The minimum atomic E-state index is -0.191. The van der Waals surface area contributed by atoms with E-state index in [1.165, 1.54) is 11.8 Å². The number of piperazine rings is 1. The van der Waals surface area contributed by atoms with Gasteiger partial charge in [-0.3, -0.25) is 4.79 Å². The first-order valence-electron chi connectivity index (χ1n) is 8.82. The lowest BCUT2D eigenvalue weighted by atomic mass is 10.2. The Balaban J connectivity index is 1.65. The summed E-state index contributed by atoms with van der Waals surface area (Å²) in [6.07, 6.45) is 0. The summed E-state index contributed by atoms with van der Waals surface area (Å²) in [4.78, 5) is 17.1. The molecule has 26 heavy (non-hydrogen) atoms. The topological polar surface area (TPSA) is 54.3 Å². The molecule has 1 aliphatic rings. The normalized spacial score (nSPS) is 16.7. The molecule has 0 spiro atoms. The number of halogens is 1. The summed E-state index contributed by atoms with van der Waals surface area (Å²) < 4.78 is 1.92. The van der Waals surface area contributed by atoms with E-state index in [2.05, 4.69) is 22.0 Å². The van der Waals surface area contributed by atoms with Gasteiger partial charge in [-0.15, -0.1) is 10.2 Å². The number of aromatic nitrogens is 3. The maximum atomic E-state index is 12.7. The fraction of sp³-hybridized carbons (Fsp3) is 0.500. The van der Waals surface area contributed by atoms with Crippen molar-refractivity contribution in [1.29, 1.82) is 0 Å². The fourth-order valence-electron chi connectivity index (χ4n) is 3.02. The summed E-state index contributed by atoms with van der Waals surface area (Å²) in [5.74, 6) is 0.933. The van der Waals surface area contributed by atoms with Crippen molar-refractivity contribution < 1.29 is 4.79 Å². The van der Waals surface area contributed by atoms with Crippen molar-refractivity contribution in [2.45, 2.75) is 24.3 Å². The number of hydrogen-bond donors (Lipinski definition) is 0. The fourth-order valence-corrected chi connectivity index (χ4v) is 4.04. The number of rotatable bonds is 5. The maximum absolute atomic E-state index is 12.7. The number of carbonyl (C=O) groups is 1. The average Bonchev–Trinajstić information content (AvgIpc) is 3.02. The number of nitrogens with zero attached hydrogens (tertiary/aromatic N) is 5. The SMILES string of the molecule is CCN1CCN(C(=O)[C@H](C)Sc2nnc(-c3ccc(Cl)cc3)n2C)CC1. The molecule has 0 saturated carbocycles. The van der Waals surface area contributed by atoms with Crippen LogP contribution in [0, 0.1) is 0 Å². The van der Waals surface area contributed by atoms with Crippen molar-refractivity contribution in [2.75, 3.05) is 32.7 Å². The number of carbonyl (C=O) groups excluding carboxylic acids is 1. The molecule has 1 atom stereocenters. The zero-order valence-electron chi connectivity index (χ0n) is 15.4. The predicted octanol–water partition coefficient (Wildman–Crippen LogP) is 2.78. The number of thioether (sulfide) groups is 1. The van der Waals surface area contributed by atoms with Crippen LogP contribution in [0.5, 0.6) is 0 Å². The smallest absolute Gasteiger partial charge is 0.235 e. The Kier molecular flexibility index (Phi) is 6.21. The second-order valence-corrected chi connectivity index (χ2v) is 8.14. The molecule has 2 heterocycles. The standard InChI is InChI=1S/C18H24ClN5OS/c1-4-23-9-11-24(12-10-23)17(25)13(2)26-18-21-20-16(22(18)3)14-5-7-15(19)8-6-14/h5-8,13H,4,9-12H2,1-3H3/t13-/m0/s1.